The molecule has 0 spiro atoms. The first-order valence-corrected chi connectivity index (χ1v) is 9.02. The molecule has 26 heavy (non-hydrogen) atoms. The van der Waals surface area contributed by atoms with Crippen LogP contribution in [0.4, 0.5) is 0 Å². The first-order chi connectivity index (χ1) is 12.6. The van der Waals surface area contributed by atoms with E-state index < -0.39 is 0 Å². The number of aryl methyl sites for hydroxylation is 1. The molecular weight excluding hydrogens is 350 g/mol. The molecule has 134 valence electrons. The molecule has 1 unspecified atom stereocenters. The summed E-state index contributed by atoms with van der Waals surface area (Å²) in [5, 5.41) is 17.2. The Morgan fingerprint density at radius 2 is 2.04 bits per heavy atom. The molecule has 0 aliphatic carbocycles. The number of H-pyrrole nitrogens is 1. The van der Waals surface area contributed by atoms with Crippen molar-refractivity contribution in [1.82, 2.24) is 15.2 Å². The smallest absolute Gasteiger partial charge is 0.337 e. The zero-order valence-corrected chi connectivity index (χ0v) is 15.3. The third-order valence-electron chi connectivity index (χ3n) is 4.05. The molecule has 1 aromatic heterocycles. The highest BCUT2D eigenvalue weighted by Crippen LogP contribution is 2.41. The standard InChI is InChI=1S/C19H19N3O3S/c1-3-12-10-15(23)8-9-16(12)17(26-19-20-11-21-22-19)13-4-6-14(7-5-13)18(24)25-2/h4-11,17,23H,3H2,1-2H3,(H,20,21,22). The summed E-state index contributed by atoms with van der Waals surface area (Å²) in [6, 6.07) is 12.7. The molecule has 3 rings (SSSR count). The normalized spacial score (nSPS) is 11.9. The Morgan fingerprint density at radius 1 is 1.27 bits per heavy atom. The molecule has 0 bridgehead atoms. The minimum atomic E-state index is -0.366. The van der Waals surface area contributed by atoms with Gasteiger partial charge in [0.05, 0.1) is 17.9 Å². The summed E-state index contributed by atoms with van der Waals surface area (Å²) in [5.41, 5.74) is 3.65. The van der Waals surface area contributed by atoms with E-state index in [-0.39, 0.29) is 17.0 Å². The third-order valence-corrected chi connectivity index (χ3v) is 5.23. The Hall–Kier alpha value is -2.80. The number of rotatable bonds is 6. The fourth-order valence-electron chi connectivity index (χ4n) is 2.74. The number of esters is 1. The topological polar surface area (TPSA) is 88.1 Å². The summed E-state index contributed by atoms with van der Waals surface area (Å²) in [5.74, 6) is -0.120. The molecule has 6 nitrogen and oxygen atoms in total. The maximum Gasteiger partial charge on any atom is 0.337 e. The maximum atomic E-state index is 11.7. The number of aromatic nitrogens is 3. The van der Waals surface area contributed by atoms with Gasteiger partial charge in [-0.15, -0.1) is 0 Å². The Labute approximate surface area is 155 Å². The maximum absolute atomic E-state index is 11.7. The van der Waals surface area contributed by atoms with E-state index in [1.807, 2.05) is 18.2 Å². The van der Waals surface area contributed by atoms with E-state index in [1.165, 1.54) is 25.2 Å². The van der Waals surface area contributed by atoms with Gasteiger partial charge in [0.15, 0.2) is 5.16 Å². The van der Waals surface area contributed by atoms with Gasteiger partial charge < -0.3 is 9.84 Å². The minimum absolute atomic E-state index is 0.0646. The Balaban J connectivity index is 2.02. The number of nitrogens with zero attached hydrogens (tertiary/aromatic N) is 2. The molecule has 3 aromatic rings. The van der Waals surface area contributed by atoms with Gasteiger partial charge in [0.25, 0.3) is 0 Å². The van der Waals surface area contributed by atoms with Crippen LogP contribution in [0.15, 0.2) is 53.9 Å². The number of aromatic amines is 1. The molecular formula is C19H19N3O3S. The molecule has 0 aliphatic heterocycles. The van der Waals surface area contributed by atoms with E-state index in [9.17, 15) is 9.90 Å². The SMILES string of the molecule is CCc1cc(O)ccc1C(Sc1ncn[nH]1)c1ccc(C(=O)OC)cc1. The number of carbonyl (C=O) groups is 1. The zero-order valence-electron chi connectivity index (χ0n) is 14.5. The molecule has 0 saturated carbocycles. The van der Waals surface area contributed by atoms with Gasteiger partial charge in [0.1, 0.15) is 12.1 Å². The van der Waals surface area contributed by atoms with Gasteiger partial charge >= 0.3 is 5.97 Å². The molecule has 0 radical (unpaired) electrons. The molecule has 0 amide bonds. The second-order valence-electron chi connectivity index (χ2n) is 5.64. The van der Waals surface area contributed by atoms with Crippen molar-refractivity contribution in [3.63, 3.8) is 0 Å². The lowest BCUT2D eigenvalue weighted by Crippen LogP contribution is -2.04. The first-order valence-electron chi connectivity index (χ1n) is 8.14. The number of hydrogen-bond donors (Lipinski definition) is 2. The van der Waals surface area contributed by atoms with Crippen molar-refractivity contribution < 1.29 is 14.6 Å². The molecule has 0 aliphatic rings. The van der Waals surface area contributed by atoms with Crippen molar-refractivity contribution in [3.8, 4) is 5.75 Å². The van der Waals surface area contributed by atoms with Gasteiger partial charge in [-0.05, 0) is 47.4 Å². The summed E-state index contributed by atoms with van der Waals surface area (Å²) in [4.78, 5) is 15.9. The molecule has 7 heteroatoms. The molecule has 0 saturated heterocycles. The second-order valence-corrected chi connectivity index (χ2v) is 6.73. The Bertz CT molecular complexity index is 880. The average molecular weight is 369 g/mol. The van der Waals surface area contributed by atoms with Gasteiger partial charge in [-0.2, -0.15) is 5.10 Å². The van der Waals surface area contributed by atoms with Crippen molar-refractivity contribution in [3.05, 3.63) is 71.0 Å². The molecule has 2 aromatic carbocycles. The molecule has 1 atom stereocenters. The highest BCUT2D eigenvalue weighted by atomic mass is 32.2. The number of hydrogen-bond acceptors (Lipinski definition) is 6. The van der Waals surface area contributed by atoms with Crippen molar-refractivity contribution in [2.24, 2.45) is 0 Å². The number of thioether (sulfide) groups is 1. The fraction of sp³-hybridized carbons (Fsp3) is 0.211. The van der Waals surface area contributed by atoms with E-state index >= 15 is 0 Å². The van der Waals surface area contributed by atoms with E-state index in [1.54, 1.807) is 24.3 Å². The Morgan fingerprint density at radius 3 is 2.65 bits per heavy atom. The molecule has 2 N–H and O–H groups in total. The van der Waals surface area contributed by atoms with Gasteiger partial charge in [-0.3, -0.25) is 5.10 Å². The predicted octanol–water partition coefficient (Wildman–Crippen LogP) is 3.74. The van der Waals surface area contributed by atoms with Crippen LogP contribution in [-0.4, -0.2) is 33.4 Å². The second kappa shape index (κ2) is 8.05. The van der Waals surface area contributed by atoms with Crippen molar-refractivity contribution in [2.45, 2.75) is 23.8 Å². The number of carbonyl (C=O) groups excluding carboxylic acids is 1. The lowest BCUT2D eigenvalue weighted by molar-refractivity contribution is 0.0600. The van der Waals surface area contributed by atoms with E-state index in [0.717, 1.165) is 23.1 Å². The third kappa shape index (κ3) is 3.88. The van der Waals surface area contributed by atoms with E-state index in [2.05, 4.69) is 22.1 Å². The van der Waals surface area contributed by atoms with Crippen LogP contribution in [0.5, 0.6) is 5.75 Å². The van der Waals surface area contributed by atoms with Crippen LogP contribution in [0, 0.1) is 0 Å². The lowest BCUT2D eigenvalue weighted by atomic mass is 9.97. The quantitative estimate of drug-likeness (QED) is 0.508. The number of methoxy groups -OCH3 is 1. The van der Waals surface area contributed by atoms with Crippen LogP contribution in [0.3, 0.4) is 0 Å². The van der Waals surface area contributed by atoms with E-state index in [4.69, 9.17) is 4.74 Å². The number of nitrogens with one attached hydrogen (secondary N) is 1. The van der Waals surface area contributed by atoms with Gasteiger partial charge in [-0.25, -0.2) is 9.78 Å². The largest absolute Gasteiger partial charge is 0.508 e. The van der Waals surface area contributed by atoms with Crippen LogP contribution < -0.4 is 0 Å². The van der Waals surface area contributed by atoms with Crippen LogP contribution in [0.2, 0.25) is 0 Å². The number of phenols is 1. The van der Waals surface area contributed by atoms with Crippen LogP contribution >= 0.6 is 11.8 Å². The summed E-state index contributed by atoms with van der Waals surface area (Å²) in [6.45, 7) is 2.05. The number of ether oxygens (including phenoxy) is 1. The summed E-state index contributed by atoms with van der Waals surface area (Å²) in [7, 11) is 1.36. The zero-order chi connectivity index (χ0) is 18.5. The van der Waals surface area contributed by atoms with Gasteiger partial charge in [0.2, 0.25) is 0 Å². The van der Waals surface area contributed by atoms with Crippen LogP contribution in [0.1, 0.15) is 39.2 Å². The van der Waals surface area contributed by atoms with Crippen LogP contribution in [-0.2, 0) is 11.2 Å². The lowest BCUT2D eigenvalue weighted by Gasteiger charge is -2.20. The first kappa shape index (κ1) is 18.0. The van der Waals surface area contributed by atoms with Gasteiger partial charge in [-0.1, -0.05) is 36.9 Å². The number of phenolic OH excluding ortho intramolecular Hbond substituents is 1. The summed E-state index contributed by atoms with van der Waals surface area (Å²) in [6.07, 6.45) is 2.26. The van der Waals surface area contributed by atoms with E-state index in [0.29, 0.717) is 10.7 Å². The minimum Gasteiger partial charge on any atom is -0.508 e. The fourth-order valence-corrected chi connectivity index (χ4v) is 3.83. The highest BCUT2D eigenvalue weighted by Gasteiger charge is 2.21. The highest BCUT2D eigenvalue weighted by molar-refractivity contribution is 7.99. The summed E-state index contributed by atoms with van der Waals surface area (Å²) < 4.78 is 4.76. The average Bonchev–Trinajstić information content (AvgIpc) is 3.19. The van der Waals surface area contributed by atoms with Crippen molar-refractivity contribution in [2.75, 3.05) is 7.11 Å². The van der Waals surface area contributed by atoms with Crippen LogP contribution in [0.25, 0.3) is 0 Å². The Kier molecular flexibility index (Phi) is 5.58. The number of aromatic hydroxyl groups is 1. The van der Waals surface area contributed by atoms with Gasteiger partial charge in [0, 0.05) is 0 Å². The number of benzene rings is 2. The van der Waals surface area contributed by atoms with Crippen molar-refractivity contribution >= 4 is 17.7 Å². The monoisotopic (exact) mass is 369 g/mol. The van der Waals surface area contributed by atoms with Crippen molar-refractivity contribution in [1.29, 1.82) is 0 Å². The predicted molar refractivity (Wildman–Crippen MR) is 99.3 cm³/mol. The molecule has 1 heterocycles. The summed E-state index contributed by atoms with van der Waals surface area (Å²) >= 11 is 1.53. The molecule has 0 fully saturated rings.